The lowest BCUT2D eigenvalue weighted by Gasteiger charge is -2.38. The summed E-state index contributed by atoms with van der Waals surface area (Å²) >= 11 is 0. The second kappa shape index (κ2) is 13.8. The summed E-state index contributed by atoms with van der Waals surface area (Å²) in [5.74, 6) is -0.380. The van der Waals surface area contributed by atoms with Gasteiger partial charge in [0, 0.05) is 11.7 Å². The number of aliphatic hydroxyl groups excluding tert-OH is 1. The first-order valence-corrected chi connectivity index (χ1v) is 12.9. The van der Waals surface area contributed by atoms with Crippen molar-refractivity contribution in [1.82, 2.24) is 10.2 Å². The quantitative estimate of drug-likeness (QED) is 0.398. The Hall–Kier alpha value is -3.59. The molecule has 0 bridgehead atoms. The Morgan fingerprint density at radius 2 is 1.61 bits per heavy atom. The Labute approximate surface area is 225 Å². The van der Waals surface area contributed by atoms with Gasteiger partial charge in [0.15, 0.2) is 0 Å². The molecular weight excluding hydrogens is 486 g/mol. The number of amides is 3. The standard InChI is InChI=1S/C29H41N3O6/c1-8-19(3)32(27(35)24(18-33)31-28(36)38-29(4,5)6)25(21-12-10-20(9-2)11-13-21)26(34)30-22-14-16-23(37-7)17-15-22/h10-17,19,24-25,33H,8-9,18H2,1-7H3,(H,30,34)(H,31,36). The molecule has 0 fully saturated rings. The molecule has 0 radical (unpaired) electrons. The molecule has 9 nitrogen and oxygen atoms in total. The summed E-state index contributed by atoms with van der Waals surface area (Å²) in [5.41, 5.74) is 1.44. The molecular formula is C29H41N3O6. The van der Waals surface area contributed by atoms with Gasteiger partial charge >= 0.3 is 6.09 Å². The molecule has 0 saturated heterocycles. The van der Waals surface area contributed by atoms with Crippen molar-refractivity contribution in [3.05, 3.63) is 59.7 Å². The van der Waals surface area contributed by atoms with Crippen molar-refractivity contribution in [3.8, 4) is 5.75 Å². The summed E-state index contributed by atoms with van der Waals surface area (Å²) in [4.78, 5) is 41.5. The van der Waals surface area contributed by atoms with E-state index in [2.05, 4.69) is 10.6 Å². The number of benzene rings is 2. The maximum Gasteiger partial charge on any atom is 0.408 e. The molecule has 3 atom stereocenters. The Balaban J connectivity index is 2.49. The van der Waals surface area contributed by atoms with Crippen molar-refractivity contribution in [2.75, 3.05) is 19.0 Å². The van der Waals surface area contributed by atoms with Gasteiger partial charge in [0.1, 0.15) is 23.4 Å². The predicted octanol–water partition coefficient (Wildman–Crippen LogP) is 4.45. The van der Waals surface area contributed by atoms with Gasteiger partial charge in [-0.1, -0.05) is 38.1 Å². The van der Waals surface area contributed by atoms with Gasteiger partial charge in [0.2, 0.25) is 5.91 Å². The van der Waals surface area contributed by atoms with Crippen LogP contribution < -0.4 is 15.4 Å². The SMILES string of the molecule is CCc1ccc(C(C(=O)Nc2ccc(OC)cc2)N(C(=O)C(CO)NC(=O)OC(C)(C)C)C(C)CC)cc1. The number of alkyl carbamates (subject to hydrolysis) is 1. The Bertz CT molecular complexity index is 1060. The number of aliphatic hydroxyl groups is 1. The largest absolute Gasteiger partial charge is 0.497 e. The Morgan fingerprint density at radius 1 is 1.00 bits per heavy atom. The maximum absolute atomic E-state index is 13.9. The number of methoxy groups -OCH3 is 1. The summed E-state index contributed by atoms with van der Waals surface area (Å²) in [6, 6.07) is 11.7. The number of carbonyl (C=O) groups is 3. The van der Waals surface area contributed by atoms with Gasteiger partial charge < -0.3 is 30.1 Å². The number of nitrogens with one attached hydrogen (secondary N) is 2. The van der Waals surface area contributed by atoms with Crippen molar-refractivity contribution >= 4 is 23.6 Å². The van der Waals surface area contributed by atoms with Crippen molar-refractivity contribution < 1.29 is 29.0 Å². The van der Waals surface area contributed by atoms with Crippen LogP contribution in [-0.2, 0) is 20.7 Å². The van der Waals surface area contributed by atoms with E-state index in [0.717, 1.165) is 12.0 Å². The molecule has 3 amide bonds. The van der Waals surface area contributed by atoms with Crippen LogP contribution in [0.1, 0.15) is 65.1 Å². The van der Waals surface area contributed by atoms with Gasteiger partial charge in [-0.05, 0) is 75.9 Å². The van der Waals surface area contributed by atoms with Crippen molar-refractivity contribution in [2.45, 2.75) is 78.1 Å². The molecule has 2 rings (SSSR count). The van der Waals surface area contributed by atoms with Crippen LogP contribution in [0.25, 0.3) is 0 Å². The first-order chi connectivity index (χ1) is 17.9. The van der Waals surface area contributed by atoms with E-state index in [4.69, 9.17) is 9.47 Å². The van der Waals surface area contributed by atoms with Gasteiger partial charge in [-0.3, -0.25) is 9.59 Å². The molecule has 0 heterocycles. The van der Waals surface area contributed by atoms with Gasteiger partial charge in [0.25, 0.3) is 5.91 Å². The summed E-state index contributed by atoms with van der Waals surface area (Å²) in [6.45, 7) is 10.2. The maximum atomic E-state index is 13.9. The van der Waals surface area contributed by atoms with Gasteiger partial charge in [0.05, 0.1) is 13.7 Å². The molecule has 0 aromatic heterocycles. The molecule has 208 valence electrons. The smallest absolute Gasteiger partial charge is 0.408 e. The fraction of sp³-hybridized carbons (Fsp3) is 0.483. The van der Waals surface area contributed by atoms with Crippen LogP contribution in [0.5, 0.6) is 5.75 Å². The van der Waals surface area contributed by atoms with Crippen molar-refractivity contribution in [1.29, 1.82) is 0 Å². The van der Waals surface area contributed by atoms with Crippen LogP contribution in [0.15, 0.2) is 48.5 Å². The Kier molecular flexibility index (Phi) is 11.1. The van der Waals surface area contributed by atoms with Gasteiger partial charge in [-0.2, -0.15) is 0 Å². The summed E-state index contributed by atoms with van der Waals surface area (Å²) < 4.78 is 10.5. The first-order valence-electron chi connectivity index (χ1n) is 12.9. The lowest BCUT2D eigenvalue weighted by Crippen LogP contribution is -2.56. The molecule has 2 aromatic rings. The minimum Gasteiger partial charge on any atom is -0.497 e. The number of carbonyl (C=O) groups excluding carboxylic acids is 3. The third kappa shape index (κ3) is 8.48. The lowest BCUT2D eigenvalue weighted by atomic mass is 9.98. The van der Waals surface area contributed by atoms with E-state index in [-0.39, 0.29) is 0 Å². The normalized spacial score (nSPS) is 13.6. The van der Waals surface area contributed by atoms with E-state index >= 15 is 0 Å². The zero-order chi connectivity index (χ0) is 28.5. The van der Waals surface area contributed by atoms with Crippen LogP contribution in [-0.4, -0.2) is 59.3 Å². The summed E-state index contributed by atoms with van der Waals surface area (Å²) in [7, 11) is 1.56. The molecule has 2 aromatic carbocycles. The zero-order valence-electron chi connectivity index (χ0n) is 23.4. The van der Waals surface area contributed by atoms with Crippen LogP contribution in [0, 0.1) is 0 Å². The minimum atomic E-state index is -1.30. The average molecular weight is 528 g/mol. The highest BCUT2D eigenvalue weighted by Gasteiger charge is 2.38. The van der Waals surface area contributed by atoms with E-state index in [9.17, 15) is 19.5 Å². The molecule has 0 aliphatic rings. The number of anilines is 1. The third-order valence-corrected chi connectivity index (χ3v) is 6.08. The molecule has 38 heavy (non-hydrogen) atoms. The fourth-order valence-corrected chi connectivity index (χ4v) is 3.87. The van der Waals surface area contributed by atoms with Gasteiger partial charge in [-0.15, -0.1) is 0 Å². The lowest BCUT2D eigenvalue weighted by molar-refractivity contribution is -0.144. The zero-order valence-corrected chi connectivity index (χ0v) is 23.4. The molecule has 3 unspecified atom stereocenters. The second-order valence-corrected chi connectivity index (χ2v) is 10.1. The van der Waals surface area contributed by atoms with E-state index < -0.39 is 48.2 Å². The average Bonchev–Trinajstić information content (AvgIpc) is 2.89. The number of aryl methyl sites for hydroxylation is 1. The number of rotatable bonds is 11. The molecule has 0 saturated carbocycles. The summed E-state index contributed by atoms with van der Waals surface area (Å²) in [6.07, 6.45) is 0.527. The molecule has 3 N–H and O–H groups in total. The van der Waals surface area contributed by atoms with E-state index in [1.807, 2.05) is 45.0 Å². The number of hydrogen-bond donors (Lipinski definition) is 3. The highest BCUT2D eigenvalue weighted by atomic mass is 16.6. The second-order valence-electron chi connectivity index (χ2n) is 10.1. The van der Waals surface area contributed by atoms with Crippen LogP contribution in [0.4, 0.5) is 10.5 Å². The summed E-state index contributed by atoms with van der Waals surface area (Å²) in [5, 5.41) is 15.4. The molecule has 9 heteroatoms. The first kappa shape index (κ1) is 30.6. The molecule has 0 spiro atoms. The van der Waals surface area contributed by atoms with Crippen LogP contribution >= 0.6 is 0 Å². The van der Waals surface area contributed by atoms with Crippen molar-refractivity contribution in [3.63, 3.8) is 0 Å². The number of ether oxygens (including phenoxy) is 2. The van der Waals surface area contributed by atoms with Crippen LogP contribution in [0.2, 0.25) is 0 Å². The number of nitrogens with zero attached hydrogens (tertiary/aromatic N) is 1. The van der Waals surface area contributed by atoms with E-state index in [0.29, 0.717) is 23.4 Å². The minimum absolute atomic E-state index is 0.394. The van der Waals surface area contributed by atoms with Crippen LogP contribution in [0.3, 0.4) is 0 Å². The topological polar surface area (TPSA) is 117 Å². The van der Waals surface area contributed by atoms with Crippen molar-refractivity contribution in [2.24, 2.45) is 0 Å². The fourth-order valence-electron chi connectivity index (χ4n) is 3.87. The predicted molar refractivity (Wildman–Crippen MR) is 147 cm³/mol. The molecule has 0 aliphatic heterocycles. The highest BCUT2D eigenvalue weighted by Crippen LogP contribution is 2.28. The van der Waals surface area contributed by atoms with Gasteiger partial charge in [-0.25, -0.2) is 4.79 Å². The van der Waals surface area contributed by atoms with E-state index in [1.54, 1.807) is 52.1 Å². The Morgan fingerprint density at radius 3 is 2.08 bits per heavy atom. The number of hydrogen-bond acceptors (Lipinski definition) is 6. The highest BCUT2D eigenvalue weighted by molar-refractivity contribution is 5.99. The van der Waals surface area contributed by atoms with E-state index in [1.165, 1.54) is 4.90 Å². The molecule has 0 aliphatic carbocycles. The third-order valence-electron chi connectivity index (χ3n) is 6.08. The monoisotopic (exact) mass is 527 g/mol.